The minimum absolute atomic E-state index is 0.176. The van der Waals surface area contributed by atoms with Gasteiger partial charge in [0.05, 0.1) is 16.8 Å². The molecule has 162 valence electrons. The Kier molecular flexibility index (Phi) is 6.99. The van der Waals surface area contributed by atoms with E-state index in [1.807, 2.05) is 24.4 Å². The lowest BCUT2D eigenvalue weighted by Gasteiger charge is -2.27. The van der Waals surface area contributed by atoms with Crippen molar-refractivity contribution < 1.29 is 13.2 Å². The lowest BCUT2D eigenvalue weighted by atomic mass is 10.0. The molecule has 4 rings (SSSR count). The number of sulfone groups is 1. The van der Waals surface area contributed by atoms with Crippen LogP contribution in [0.2, 0.25) is 0 Å². The van der Waals surface area contributed by atoms with Crippen molar-refractivity contribution in [2.45, 2.75) is 36.6 Å². The molecule has 0 saturated carbocycles. The van der Waals surface area contributed by atoms with Gasteiger partial charge in [0, 0.05) is 17.8 Å². The molecule has 0 bridgehead atoms. The number of nitrogens with one attached hydrogen (secondary N) is 1. The number of benzene rings is 2. The molecule has 5 nitrogen and oxygen atoms in total. The molecule has 6 heteroatoms. The summed E-state index contributed by atoms with van der Waals surface area (Å²) < 4.78 is 30.7. The van der Waals surface area contributed by atoms with Crippen LogP contribution < -0.4 is 10.1 Å². The maximum atomic E-state index is 12.4. The highest BCUT2D eigenvalue weighted by Crippen LogP contribution is 2.24. The number of aromatic nitrogens is 1. The summed E-state index contributed by atoms with van der Waals surface area (Å²) in [5.41, 5.74) is 3.31. The summed E-state index contributed by atoms with van der Waals surface area (Å²) in [6.07, 6.45) is 7.06. The average molecular weight is 437 g/mol. The smallest absolute Gasteiger partial charge is 0.178 e. The first-order valence-electron chi connectivity index (χ1n) is 10.8. The van der Waals surface area contributed by atoms with Crippen molar-refractivity contribution in [1.29, 1.82) is 0 Å². The third kappa shape index (κ3) is 5.93. The van der Waals surface area contributed by atoms with E-state index < -0.39 is 9.84 Å². The normalized spacial score (nSPS) is 15.9. The molecular formula is C25H28N2O3S. The molecule has 1 fully saturated rings. The van der Waals surface area contributed by atoms with Crippen LogP contribution in [-0.2, 0) is 16.3 Å². The van der Waals surface area contributed by atoms with E-state index in [2.05, 4.69) is 28.5 Å². The molecule has 2 heterocycles. The molecule has 1 atom stereocenters. The summed E-state index contributed by atoms with van der Waals surface area (Å²) in [6, 6.07) is 19.5. The van der Waals surface area contributed by atoms with E-state index in [-0.39, 0.29) is 5.75 Å². The van der Waals surface area contributed by atoms with Crippen LogP contribution in [-0.4, -0.2) is 38.3 Å². The monoisotopic (exact) mass is 436 g/mol. The van der Waals surface area contributed by atoms with Crippen LogP contribution in [0.25, 0.3) is 11.1 Å². The zero-order chi connectivity index (χ0) is 21.5. The Hall–Kier alpha value is -2.70. The first kappa shape index (κ1) is 21.5. The van der Waals surface area contributed by atoms with E-state index in [4.69, 9.17) is 4.74 Å². The lowest BCUT2D eigenvalue weighted by Crippen LogP contribution is -2.46. The van der Waals surface area contributed by atoms with E-state index in [0.717, 1.165) is 42.7 Å². The van der Waals surface area contributed by atoms with E-state index in [0.29, 0.717) is 24.0 Å². The molecule has 0 aliphatic carbocycles. The Labute approximate surface area is 184 Å². The Morgan fingerprint density at radius 3 is 2.58 bits per heavy atom. The fourth-order valence-electron chi connectivity index (χ4n) is 3.62. The van der Waals surface area contributed by atoms with Crippen molar-refractivity contribution in [3.8, 4) is 16.9 Å². The first-order chi connectivity index (χ1) is 15.1. The largest absolute Gasteiger partial charge is 0.490 e. The molecule has 1 saturated heterocycles. The van der Waals surface area contributed by atoms with E-state index in [1.165, 1.54) is 5.56 Å². The van der Waals surface area contributed by atoms with Gasteiger partial charge in [0.15, 0.2) is 9.84 Å². The minimum Gasteiger partial charge on any atom is -0.490 e. The second kappa shape index (κ2) is 10.1. The van der Waals surface area contributed by atoms with Gasteiger partial charge in [-0.25, -0.2) is 8.42 Å². The van der Waals surface area contributed by atoms with Crippen molar-refractivity contribution in [2.75, 3.05) is 18.9 Å². The Balaban J connectivity index is 1.32. The third-order valence-corrected chi connectivity index (χ3v) is 7.40. The number of hydrogen-bond acceptors (Lipinski definition) is 5. The molecule has 31 heavy (non-hydrogen) atoms. The van der Waals surface area contributed by atoms with Crippen molar-refractivity contribution in [2.24, 2.45) is 0 Å². The number of ether oxygens (including phenoxy) is 1. The molecule has 1 aliphatic rings. The number of unbranched alkanes of at least 4 members (excludes halogenated alkanes) is 1. The van der Waals surface area contributed by atoms with Crippen LogP contribution in [0.5, 0.6) is 5.75 Å². The van der Waals surface area contributed by atoms with Gasteiger partial charge < -0.3 is 10.1 Å². The Bertz CT molecular complexity index is 1100. The highest BCUT2D eigenvalue weighted by Gasteiger charge is 2.17. The highest BCUT2D eigenvalue weighted by molar-refractivity contribution is 7.91. The van der Waals surface area contributed by atoms with E-state index in [9.17, 15) is 8.42 Å². The van der Waals surface area contributed by atoms with E-state index in [1.54, 1.807) is 30.5 Å². The minimum atomic E-state index is -3.21. The molecule has 0 unspecified atom stereocenters. The molecule has 1 N–H and O–H groups in total. The molecule has 0 radical (unpaired) electrons. The molecular weight excluding hydrogens is 408 g/mol. The van der Waals surface area contributed by atoms with Crippen LogP contribution >= 0.6 is 0 Å². The summed E-state index contributed by atoms with van der Waals surface area (Å²) in [5, 5.41) is 3.33. The Morgan fingerprint density at radius 1 is 0.968 bits per heavy atom. The van der Waals surface area contributed by atoms with Gasteiger partial charge in [-0.1, -0.05) is 42.5 Å². The van der Waals surface area contributed by atoms with Crippen LogP contribution in [0.3, 0.4) is 0 Å². The summed E-state index contributed by atoms with van der Waals surface area (Å²) in [5.74, 6) is 0.957. The predicted octanol–water partition coefficient (Wildman–Crippen LogP) is 4.29. The fourth-order valence-corrected chi connectivity index (χ4v) is 5.01. The number of aryl methyl sites for hydroxylation is 1. The van der Waals surface area contributed by atoms with Crippen LogP contribution in [0, 0.1) is 0 Å². The highest BCUT2D eigenvalue weighted by atomic mass is 32.2. The van der Waals surface area contributed by atoms with Gasteiger partial charge in [-0.3, -0.25) is 4.98 Å². The second-order valence-electron chi connectivity index (χ2n) is 7.95. The lowest BCUT2D eigenvalue weighted by molar-refractivity contribution is 0.217. The molecule has 1 aliphatic heterocycles. The van der Waals surface area contributed by atoms with Gasteiger partial charge in [-0.05, 0) is 61.6 Å². The summed E-state index contributed by atoms with van der Waals surface area (Å²) in [4.78, 5) is 4.73. The summed E-state index contributed by atoms with van der Waals surface area (Å²) in [6.45, 7) is 1.73. The predicted molar refractivity (Wildman–Crippen MR) is 123 cm³/mol. The topological polar surface area (TPSA) is 68.3 Å². The first-order valence-corrected chi connectivity index (χ1v) is 12.4. The van der Waals surface area contributed by atoms with Gasteiger partial charge in [0.2, 0.25) is 0 Å². The van der Waals surface area contributed by atoms with Crippen molar-refractivity contribution in [1.82, 2.24) is 10.3 Å². The quantitative estimate of drug-likeness (QED) is 0.480. The zero-order valence-corrected chi connectivity index (χ0v) is 18.4. The van der Waals surface area contributed by atoms with Gasteiger partial charge in [-0.15, -0.1) is 0 Å². The zero-order valence-electron chi connectivity index (χ0n) is 17.5. The van der Waals surface area contributed by atoms with Gasteiger partial charge in [-0.2, -0.15) is 0 Å². The Morgan fingerprint density at radius 2 is 1.81 bits per heavy atom. The van der Waals surface area contributed by atoms with Crippen LogP contribution in [0.4, 0.5) is 0 Å². The number of rotatable bonds is 10. The summed E-state index contributed by atoms with van der Waals surface area (Å²) >= 11 is 0. The van der Waals surface area contributed by atoms with Crippen molar-refractivity contribution >= 4 is 9.84 Å². The van der Waals surface area contributed by atoms with Crippen LogP contribution in [0.1, 0.15) is 24.8 Å². The maximum absolute atomic E-state index is 12.4. The van der Waals surface area contributed by atoms with Gasteiger partial charge in [0.25, 0.3) is 0 Å². The maximum Gasteiger partial charge on any atom is 0.178 e. The SMILES string of the molecule is O=S(=O)(CCCCc1cccc(-c2cncc(OC[C@@H]3CCN3)c2)c1)c1ccccc1. The van der Waals surface area contributed by atoms with Gasteiger partial charge >= 0.3 is 0 Å². The standard InChI is InChI=1S/C25H28N2O3S/c28-31(29,25-10-2-1-3-11-25)14-5-4-7-20-8-6-9-21(15-20)22-16-24(18-26-17-22)30-19-23-12-13-27-23/h1-3,6,8-11,15-18,23,27H,4-5,7,12-14,19H2/t23-/m0/s1. The van der Waals surface area contributed by atoms with Gasteiger partial charge in [0.1, 0.15) is 12.4 Å². The number of nitrogens with zero attached hydrogens (tertiary/aromatic N) is 1. The third-order valence-electron chi connectivity index (χ3n) is 5.58. The molecule has 3 aromatic rings. The second-order valence-corrected chi connectivity index (χ2v) is 10.1. The molecule has 2 aromatic carbocycles. The molecule has 0 spiro atoms. The summed E-state index contributed by atoms with van der Waals surface area (Å²) in [7, 11) is -3.21. The molecule has 0 amide bonds. The van der Waals surface area contributed by atoms with Crippen LogP contribution in [0.15, 0.2) is 78.0 Å². The molecule has 1 aromatic heterocycles. The van der Waals surface area contributed by atoms with Crippen molar-refractivity contribution in [3.05, 3.63) is 78.6 Å². The van der Waals surface area contributed by atoms with E-state index >= 15 is 0 Å². The average Bonchev–Trinajstić information content (AvgIpc) is 2.77. The number of hydrogen-bond donors (Lipinski definition) is 1. The number of pyridine rings is 1. The van der Waals surface area contributed by atoms with Crippen molar-refractivity contribution in [3.63, 3.8) is 0 Å². The fraction of sp³-hybridized carbons (Fsp3) is 0.320.